The lowest BCUT2D eigenvalue weighted by Gasteiger charge is -2.44. The number of nitrogens with zero attached hydrogens (tertiary/aromatic N) is 2. The molecule has 4 rings (SSSR count). The first-order chi connectivity index (χ1) is 13.2. The van der Waals surface area contributed by atoms with Crippen LogP contribution in [-0.2, 0) is 11.8 Å². The highest BCUT2D eigenvalue weighted by molar-refractivity contribution is 5.95. The number of fused-ring (bicyclic) bond motifs is 2. The van der Waals surface area contributed by atoms with Crippen LogP contribution in [-0.4, -0.2) is 33.0 Å². The molecule has 0 aliphatic carbocycles. The van der Waals surface area contributed by atoms with Crippen LogP contribution in [0.5, 0.6) is 0 Å². The smallest absolute Gasteiger partial charge is 0.385 e. The van der Waals surface area contributed by atoms with Crippen molar-refractivity contribution >= 4 is 5.91 Å². The number of pyridine rings is 1. The Morgan fingerprint density at radius 1 is 1.14 bits per heavy atom. The monoisotopic (exact) mass is 394 g/mol. The van der Waals surface area contributed by atoms with Gasteiger partial charge >= 0.3 is 6.18 Å². The molecule has 1 aromatic heterocycles. The molecule has 3 heterocycles. The zero-order valence-corrected chi connectivity index (χ0v) is 14.8. The molecule has 0 radical (unpaired) electrons. The molecule has 2 aliphatic heterocycles. The van der Waals surface area contributed by atoms with Gasteiger partial charge in [-0.25, -0.2) is 4.98 Å². The van der Waals surface area contributed by atoms with Gasteiger partial charge in [0, 0.05) is 42.2 Å². The number of carbonyl (C=O) groups excluding carboxylic acids is 1. The van der Waals surface area contributed by atoms with E-state index in [4.69, 9.17) is 0 Å². The van der Waals surface area contributed by atoms with Crippen molar-refractivity contribution in [1.29, 1.82) is 0 Å². The number of halogens is 4. The fraction of sp³-hybridized carbons (Fsp3) is 0.400. The van der Waals surface area contributed by atoms with Crippen LogP contribution in [0.4, 0.5) is 17.6 Å². The highest BCUT2D eigenvalue weighted by Gasteiger charge is 2.51. The van der Waals surface area contributed by atoms with Crippen LogP contribution in [0.2, 0.25) is 0 Å². The summed E-state index contributed by atoms with van der Waals surface area (Å²) in [6.45, 7) is 0. The molecule has 8 heteroatoms. The van der Waals surface area contributed by atoms with Gasteiger partial charge in [0.25, 0.3) is 5.91 Å². The van der Waals surface area contributed by atoms with Crippen molar-refractivity contribution in [2.24, 2.45) is 0 Å². The van der Waals surface area contributed by atoms with Gasteiger partial charge in [-0.3, -0.25) is 4.79 Å². The maximum absolute atomic E-state index is 14.1. The Morgan fingerprint density at radius 3 is 2.43 bits per heavy atom. The van der Waals surface area contributed by atoms with E-state index >= 15 is 0 Å². The minimum absolute atomic E-state index is 0.0373. The van der Waals surface area contributed by atoms with Crippen LogP contribution in [0.1, 0.15) is 47.2 Å². The summed E-state index contributed by atoms with van der Waals surface area (Å²) in [7, 11) is 0. The quantitative estimate of drug-likeness (QED) is 0.621. The van der Waals surface area contributed by atoms with E-state index in [9.17, 15) is 27.5 Å². The highest BCUT2D eigenvalue weighted by atomic mass is 19.4. The topological polar surface area (TPSA) is 53.4 Å². The molecule has 0 spiro atoms. The number of amides is 1. The summed E-state index contributed by atoms with van der Waals surface area (Å²) >= 11 is 0. The average Bonchev–Trinajstić information content (AvgIpc) is 2.93. The number of rotatable bonds is 2. The normalized spacial score (nSPS) is 27.1. The highest BCUT2D eigenvalue weighted by Crippen LogP contribution is 2.46. The van der Waals surface area contributed by atoms with E-state index in [-0.39, 0.29) is 36.1 Å². The van der Waals surface area contributed by atoms with Gasteiger partial charge in [0.1, 0.15) is 0 Å². The molecule has 1 amide bonds. The maximum Gasteiger partial charge on any atom is 0.416 e. The minimum atomic E-state index is -4.53. The van der Waals surface area contributed by atoms with Gasteiger partial charge in [0.2, 0.25) is 5.95 Å². The van der Waals surface area contributed by atoms with Crippen molar-refractivity contribution in [3.8, 4) is 0 Å². The van der Waals surface area contributed by atoms with Crippen LogP contribution >= 0.6 is 0 Å². The second-order valence-electron chi connectivity index (χ2n) is 7.46. The predicted molar refractivity (Wildman–Crippen MR) is 91.7 cm³/mol. The van der Waals surface area contributed by atoms with E-state index in [1.165, 1.54) is 24.4 Å². The van der Waals surface area contributed by atoms with E-state index in [0.29, 0.717) is 12.8 Å². The molecule has 4 nitrogen and oxygen atoms in total. The fourth-order valence-corrected chi connectivity index (χ4v) is 4.49. The summed E-state index contributed by atoms with van der Waals surface area (Å²) in [6.07, 6.45) is -1.77. The number of piperidine rings is 1. The predicted octanol–water partition coefficient (Wildman–Crippen LogP) is 3.89. The molecule has 1 aromatic carbocycles. The number of hydrogen-bond donors (Lipinski definition) is 1. The van der Waals surface area contributed by atoms with Gasteiger partial charge in [-0.05, 0) is 37.1 Å². The molecule has 28 heavy (non-hydrogen) atoms. The van der Waals surface area contributed by atoms with E-state index in [1.54, 1.807) is 11.0 Å². The number of aliphatic hydroxyl groups is 1. The van der Waals surface area contributed by atoms with E-state index < -0.39 is 29.2 Å². The molecule has 2 fully saturated rings. The first-order valence-corrected chi connectivity index (χ1v) is 9.02. The SMILES string of the molecule is O=C(c1cccc(C(F)(F)F)c1)N1C2CCC1CC(O)(c1cccnc1F)C2. The van der Waals surface area contributed by atoms with Crippen LogP contribution in [0.15, 0.2) is 42.6 Å². The van der Waals surface area contributed by atoms with Crippen molar-refractivity contribution in [2.75, 3.05) is 0 Å². The largest absolute Gasteiger partial charge is 0.416 e. The van der Waals surface area contributed by atoms with Crippen LogP contribution in [0, 0.1) is 5.95 Å². The number of alkyl halides is 3. The van der Waals surface area contributed by atoms with Crippen molar-refractivity contribution in [3.63, 3.8) is 0 Å². The molecular formula is C20H18F4N2O2. The Morgan fingerprint density at radius 2 is 1.82 bits per heavy atom. The first-order valence-electron chi connectivity index (χ1n) is 9.02. The molecule has 2 aromatic rings. The van der Waals surface area contributed by atoms with Gasteiger partial charge in [0.05, 0.1) is 11.2 Å². The maximum atomic E-state index is 14.1. The van der Waals surface area contributed by atoms with Crippen molar-refractivity contribution in [3.05, 3.63) is 65.2 Å². The van der Waals surface area contributed by atoms with E-state index in [0.717, 1.165) is 12.1 Å². The molecule has 2 aliphatic rings. The average molecular weight is 394 g/mol. The molecule has 1 N–H and O–H groups in total. The second-order valence-corrected chi connectivity index (χ2v) is 7.46. The summed E-state index contributed by atoms with van der Waals surface area (Å²) in [4.78, 5) is 18.1. The molecule has 148 valence electrons. The Labute approximate surface area is 158 Å². The van der Waals surface area contributed by atoms with Gasteiger partial charge < -0.3 is 10.0 Å². The number of hydrogen-bond acceptors (Lipinski definition) is 3. The van der Waals surface area contributed by atoms with Gasteiger partial charge in [-0.2, -0.15) is 17.6 Å². The number of benzene rings is 1. The molecule has 2 bridgehead atoms. The summed E-state index contributed by atoms with van der Waals surface area (Å²) in [5, 5.41) is 11.1. The second kappa shape index (κ2) is 6.55. The Balaban J connectivity index is 1.61. The Bertz CT molecular complexity index is 901. The third-order valence-electron chi connectivity index (χ3n) is 5.70. The summed E-state index contributed by atoms with van der Waals surface area (Å²) in [5.74, 6) is -1.24. The fourth-order valence-electron chi connectivity index (χ4n) is 4.49. The number of aromatic nitrogens is 1. The molecule has 2 unspecified atom stereocenters. The van der Waals surface area contributed by atoms with Crippen LogP contribution in [0.3, 0.4) is 0 Å². The zero-order chi connectivity index (χ0) is 20.1. The van der Waals surface area contributed by atoms with Crippen LogP contribution in [0.25, 0.3) is 0 Å². The third-order valence-corrected chi connectivity index (χ3v) is 5.70. The van der Waals surface area contributed by atoms with Crippen molar-refractivity contribution < 1.29 is 27.5 Å². The molecule has 0 saturated carbocycles. The lowest BCUT2D eigenvalue weighted by molar-refractivity contribution is -0.137. The lowest BCUT2D eigenvalue weighted by atomic mass is 9.80. The Kier molecular flexibility index (Phi) is 4.41. The van der Waals surface area contributed by atoms with E-state index in [1.807, 2.05) is 0 Å². The minimum Gasteiger partial charge on any atom is -0.385 e. The first kappa shape index (κ1) is 18.9. The summed E-state index contributed by atoms with van der Waals surface area (Å²) < 4.78 is 53.0. The molecule has 2 saturated heterocycles. The molecular weight excluding hydrogens is 376 g/mol. The number of carbonyl (C=O) groups is 1. The van der Waals surface area contributed by atoms with Crippen LogP contribution < -0.4 is 0 Å². The van der Waals surface area contributed by atoms with Gasteiger partial charge in [-0.15, -0.1) is 0 Å². The lowest BCUT2D eigenvalue weighted by Crippen LogP contribution is -2.52. The summed E-state index contributed by atoms with van der Waals surface area (Å²) in [5.41, 5.74) is -2.27. The zero-order valence-electron chi connectivity index (χ0n) is 14.8. The van der Waals surface area contributed by atoms with Gasteiger partial charge in [-0.1, -0.05) is 12.1 Å². The molecule has 2 atom stereocenters. The third kappa shape index (κ3) is 3.15. The van der Waals surface area contributed by atoms with Crippen molar-refractivity contribution in [1.82, 2.24) is 9.88 Å². The van der Waals surface area contributed by atoms with Crippen molar-refractivity contribution in [2.45, 2.75) is 49.5 Å². The standard InChI is InChI=1S/C20H18F4N2O2/c21-17-16(5-2-8-25-17)19(28)10-14-6-7-15(11-19)26(14)18(27)12-3-1-4-13(9-12)20(22,23)24/h1-5,8-9,14-15,28H,6-7,10-11H2. The summed E-state index contributed by atoms with van der Waals surface area (Å²) in [6, 6.07) is 6.62. The van der Waals surface area contributed by atoms with E-state index in [2.05, 4.69) is 4.98 Å². The Hall–Kier alpha value is -2.48. The van der Waals surface area contributed by atoms with Gasteiger partial charge in [0.15, 0.2) is 0 Å².